The Labute approximate surface area is 477 Å². The third-order valence-corrected chi connectivity index (χ3v) is 11.7. The quantitative estimate of drug-likeness (QED) is 0.0506. The van der Waals surface area contributed by atoms with E-state index < -0.39 is 48.2 Å². The van der Waals surface area contributed by atoms with Gasteiger partial charge in [-0.3, -0.25) is 14.7 Å². The molecule has 61 heavy (non-hydrogen) atoms. The Morgan fingerprint density at radius 3 is 1.23 bits per heavy atom. The maximum Gasteiger partial charge on any atom is 0.414 e. The van der Waals surface area contributed by atoms with E-state index in [2.05, 4.69) is 4.85 Å². The van der Waals surface area contributed by atoms with Crippen molar-refractivity contribution in [3.63, 3.8) is 0 Å². The van der Waals surface area contributed by atoms with Crippen molar-refractivity contribution < 1.29 is 179 Å². The van der Waals surface area contributed by atoms with Crippen molar-refractivity contribution in [2.45, 2.75) is 33.0 Å². The van der Waals surface area contributed by atoms with E-state index in [-0.39, 0.29) is 184 Å². The van der Waals surface area contributed by atoms with Crippen molar-refractivity contribution in [3.05, 3.63) is 101 Å². The number of nitrogens with zero attached hydrogens (tertiary/aromatic N) is 4. The molecule has 0 aromatic heterocycles. The van der Waals surface area contributed by atoms with Crippen LogP contribution in [0.4, 0.5) is 44.6 Å². The molecular weight excluding hydrogens is 1520 g/mol. The molecule has 6 rings (SSSR count). The molecule has 3 saturated heterocycles. The van der Waals surface area contributed by atoms with Crippen LogP contribution >= 0.6 is 46.9 Å². The van der Waals surface area contributed by atoms with Crippen LogP contribution in [0.5, 0.6) is 0 Å². The molecular formula is C37H40Ac3ClF3N7O7S3-3. The zero-order chi connectivity index (χ0) is 42.2. The number of carbonyl (C=O) groups is 3. The Kier molecular flexibility index (Phi) is 30.4. The fraction of sp³-hybridized carbons (Fsp3) is 0.405. The standard InChI is InChI=1S/C13H13FN3O2S.C12H13ClFN2O2S.C12H14FN2O3S.3Ac/c1-16-4-5-20-12-3-2-9(6-11(12)14)17-8-10(7-15)19-13(17)18;13-3-4-19-11-2-1-8(5-10(11)14)16-7-9(6-15)18-12(16)17;13-10-5-8(1-2-11(10)19-4-3-16)15-7-9(6-14)18-12(15)17;;;/h2-3,6,10,15H,4-5,7-8H2;1-2,5,9,15H,3-4,6-7H2;1-2,5,9,14,16H,3-4,6-7H2;;;/q3*-1;;;/t10-;2*9-;;;/m000.../s1. The second kappa shape index (κ2) is 31.3. The third kappa shape index (κ3) is 18.1. The fourth-order valence-corrected chi connectivity index (χ4v) is 7.67. The zero-order valence-electron chi connectivity index (χ0n) is 32.6. The Balaban J connectivity index is 0.000000447. The summed E-state index contributed by atoms with van der Waals surface area (Å²) in [4.78, 5) is 43.4. The monoisotopic (exact) mass is 1560 g/mol. The normalized spacial score (nSPS) is 17.6. The molecule has 0 bridgehead atoms. The Hall–Kier alpha value is 0.255. The van der Waals surface area contributed by atoms with Gasteiger partial charge in [0.05, 0.1) is 49.1 Å². The minimum atomic E-state index is -0.549. The number of aliphatic hydroxyl groups is 1. The van der Waals surface area contributed by atoms with Gasteiger partial charge >= 0.3 is 18.3 Å². The smallest absolute Gasteiger partial charge is 0.414 e. The largest absolute Gasteiger partial charge is 0.674 e. The van der Waals surface area contributed by atoms with Gasteiger partial charge in [0.15, 0.2) is 0 Å². The number of ether oxygens (including phenoxy) is 3. The average molecular weight is 1560 g/mol. The summed E-state index contributed by atoms with van der Waals surface area (Å²) in [6, 6.07) is 13.6. The number of benzene rings is 3. The Bertz CT molecular complexity index is 1850. The van der Waals surface area contributed by atoms with Crippen LogP contribution in [0.15, 0.2) is 69.3 Å². The molecule has 0 unspecified atom stereocenters. The summed E-state index contributed by atoms with van der Waals surface area (Å²) in [5.74, 6) is 0.808. The predicted octanol–water partition coefficient (Wildman–Crippen LogP) is 9.04. The van der Waals surface area contributed by atoms with Crippen molar-refractivity contribution in [2.75, 3.05) is 90.3 Å². The van der Waals surface area contributed by atoms with Gasteiger partial charge in [-0.25, -0.2) is 34.1 Å². The number of thioether (sulfide) groups is 3. The number of anilines is 3. The summed E-state index contributed by atoms with van der Waals surface area (Å²) >= 11 is 9.38. The molecule has 14 nitrogen and oxygen atoms in total. The number of halogens is 4. The average Bonchev–Trinajstić information content (AvgIpc) is 3.93. The van der Waals surface area contributed by atoms with E-state index in [1.54, 1.807) is 36.4 Å². The minimum Gasteiger partial charge on any atom is -0.674 e. The van der Waals surface area contributed by atoms with Crippen LogP contribution in [0.2, 0.25) is 0 Å². The van der Waals surface area contributed by atoms with Crippen LogP contribution in [-0.4, -0.2) is 117 Å². The summed E-state index contributed by atoms with van der Waals surface area (Å²) in [6.45, 7) is 7.82. The van der Waals surface area contributed by atoms with Crippen molar-refractivity contribution in [2.24, 2.45) is 0 Å². The molecule has 24 heteroatoms. The van der Waals surface area contributed by atoms with Crippen molar-refractivity contribution in [1.29, 1.82) is 0 Å². The number of hydrogen-bond donors (Lipinski definition) is 1. The van der Waals surface area contributed by atoms with Gasteiger partial charge in [-0.2, -0.15) is 0 Å². The van der Waals surface area contributed by atoms with Crippen LogP contribution in [-0.2, 0) is 14.2 Å². The maximum atomic E-state index is 13.9. The number of nitrogens with one attached hydrogen (secondary N) is 3. The van der Waals surface area contributed by atoms with Crippen molar-refractivity contribution >= 4 is 82.2 Å². The maximum absolute atomic E-state index is 13.9. The van der Waals surface area contributed by atoms with E-state index in [1.165, 1.54) is 68.2 Å². The van der Waals surface area contributed by atoms with E-state index in [4.69, 9.17) is 54.7 Å². The van der Waals surface area contributed by atoms with E-state index in [1.807, 2.05) is 0 Å². The van der Waals surface area contributed by atoms with Crippen LogP contribution in [0.25, 0.3) is 22.0 Å². The molecule has 3 heterocycles. The van der Waals surface area contributed by atoms with Gasteiger partial charge in [-0.05, 0) is 54.6 Å². The molecule has 4 N–H and O–H groups in total. The van der Waals surface area contributed by atoms with Crippen molar-refractivity contribution in [1.82, 2.24) is 0 Å². The molecule has 3 aromatic rings. The second-order valence-corrected chi connectivity index (χ2v) is 15.9. The predicted molar refractivity (Wildman–Crippen MR) is 221 cm³/mol. The number of rotatable bonds is 15. The first-order valence-corrected chi connectivity index (χ1v) is 21.1. The Morgan fingerprint density at radius 1 is 0.639 bits per heavy atom. The second-order valence-electron chi connectivity index (χ2n) is 12.1. The minimum absolute atomic E-state index is 0. The number of alkyl halides is 1. The van der Waals surface area contributed by atoms with Gasteiger partial charge in [0.2, 0.25) is 6.54 Å². The molecule has 3 amide bonds. The molecule has 3 aromatic carbocycles. The molecule has 3 radical (unpaired) electrons. The van der Waals surface area contributed by atoms with Gasteiger partial charge in [-0.1, -0.05) is 0 Å². The van der Waals surface area contributed by atoms with Gasteiger partial charge in [0.1, 0.15) is 35.8 Å². The molecule has 3 aliphatic heterocycles. The van der Waals surface area contributed by atoms with Gasteiger partial charge in [0.25, 0.3) is 0 Å². The van der Waals surface area contributed by atoms with Crippen LogP contribution in [0.3, 0.4) is 0 Å². The first-order chi connectivity index (χ1) is 28.0. The van der Waals surface area contributed by atoms with Gasteiger partial charge in [-0.15, -0.1) is 66.5 Å². The van der Waals surface area contributed by atoms with E-state index in [0.717, 1.165) is 0 Å². The van der Waals surface area contributed by atoms with E-state index in [9.17, 15) is 27.6 Å². The zero-order valence-corrected chi connectivity index (χ0v) is 50.0. The number of cyclic esters (lactones) is 3. The fourth-order valence-electron chi connectivity index (χ4n) is 5.35. The van der Waals surface area contributed by atoms with Gasteiger partial charge in [0, 0.05) is 164 Å². The molecule has 0 spiro atoms. The summed E-state index contributed by atoms with van der Waals surface area (Å²) in [6.07, 6.45) is -2.99. The molecule has 0 aliphatic carbocycles. The number of amides is 3. The summed E-state index contributed by atoms with van der Waals surface area (Å²) in [5.41, 5.74) is 22.9. The number of carbonyl (C=O) groups excluding carboxylic acids is 3. The number of hydrogen-bond acceptors (Lipinski definition) is 10. The SMILES string of the molecule is [Ac].[Ac].[Ac].[C-]#[N+]CCSc1ccc(N2C[C@H](C[NH-])OC2=O)cc1F.[NH-]C[C@H]1CN(c2ccc(SCCCl)c(F)c2)C(=O)O1.[NH-]C[C@H]1CN(c2ccc(SCCO)c(F)c2)C(=O)O1. The van der Waals surface area contributed by atoms with Crippen LogP contribution in [0, 0.1) is 156 Å². The summed E-state index contributed by atoms with van der Waals surface area (Å²) in [5, 5.41) is 8.71. The van der Waals surface area contributed by atoms with E-state index in [0.29, 0.717) is 61.4 Å². The van der Waals surface area contributed by atoms with Crippen molar-refractivity contribution in [3.8, 4) is 0 Å². The van der Waals surface area contributed by atoms with Crippen LogP contribution in [0.1, 0.15) is 0 Å². The summed E-state index contributed by atoms with van der Waals surface area (Å²) in [7, 11) is 0. The molecule has 3 aliphatic rings. The molecule has 0 saturated carbocycles. The number of aliphatic hydroxyl groups excluding tert-OH is 1. The third-order valence-electron chi connectivity index (χ3n) is 8.13. The summed E-state index contributed by atoms with van der Waals surface area (Å²) < 4.78 is 56.5. The first kappa shape index (κ1) is 59.3. The first-order valence-electron chi connectivity index (χ1n) is 17.6. The van der Waals surface area contributed by atoms with Gasteiger partial charge < -0.3 is 41.4 Å². The molecule has 323 valence electrons. The Morgan fingerprint density at radius 2 is 0.967 bits per heavy atom. The molecule has 3 atom stereocenters. The van der Waals surface area contributed by atoms with Crippen LogP contribution < -0.4 is 14.7 Å². The topological polar surface area (TPSA) is 185 Å². The van der Waals surface area contributed by atoms with E-state index >= 15 is 0 Å². The molecule has 3 fully saturated rings.